The lowest BCUT2D eigenvalue weighted by Gasteiger charge is -2.43. The molecule has 0 spiro atoms. The monoisotopic (exact) mass is 226 g/mol. The van der Waals surface area contributed by atoms with Gasteiger partial charge in [-0.05, 0) is 5.41 Å². The van der Waals surface area contributed by atoms with Crippen molar-refractivity contribution in [3.63, 3.8) is 0 Å². The summed E-state index contributed by atoms with van der Waals surface area (Å²) in [7, 11) is 0. The van der Waals surface area contributed by atoms with Gasteiger partial charge in [0, 0.05) is 5.57 Å². The van der Waals surface area contributed by atoms with Gasteiger partial charge in [-0.2, -0.15) is 0 Å². The van der Waals surface area contributed by atoms with Gasteiger partial charge >= 0.3 is 5.97 Å². The van der Waals surface area contributed by atoms with Crippen LogP contribution in [0.5, 0.6) is 0 Å². The highest BCUT2D eigenvalue weighted by molar-refractivity contribution is 5.88. The zero-order valence-electron chi connectivity index (χ0n) is 9.95. The van der Waals surface area contributed by atoms with Crippen molar-refractivity contribution in [3.8, 4) is 0 Å². The smallest absolute Gasteiger partial charge is 0.331 e. The van der Waals surface area contributed by atoms with E-state index in [2.05, 4.69) is 6.58 Å². The summed E-state index contributed by atoms with van der Waals surface area (Å²) in [6.07, 6.45) is -0.132. The van der Waals surface area contributed by atoms with Crippen molar-refractivity contribution in [1.82, 2.24) is 0 Å². The number of epoxide rings is 2. The molecule has 0 aromatic rings. The molecule has 2 fully saturated rings. The number of aliphatic carboxylic acids is 1. The highest BCUT2D eigenvalue weighted by atomic mass is 16.6. The summed E-state index contributed by atoms with van der Waals surface area (Å²) in [6.45, 7) is 11.0. The molecule has 2 heterocycles. The number of carbonyl (C=O) groups is 1. The van der Waals surface area contributed by atoms with E-state index >= 15 is 0 Å². The molecule has 0 radical (unpaired) electrons. The predicted octanol–water partition coefficient (Wildman–Crippen LogP) is 1.46. The van der Waals surface area contributed by atoms with Gasteiger partial charge in [-0.25, -0.2) is 4.79 Å². The Kier molecular flexibility index (Phi) is 2.40. The Morgan fingerprint density at radius 2 is 1.62 bits per heavy atom. The maximum atomic E-state index is 11.2. The second kappa shape index (κ2) is 3.31. The Balaban J connectivity index is 2.44. The first-order chi connectivity index (χ1) is 7.31. The summed E-state index contributed by atoms with van der Waals surface area (Å²) in [5.41, 5.74) is -0.631. The van der Waals surface area contributed by atoms with Gasteiger partial charge in [-0.15, -0.1) is 0 Å². The average Bonchev–Trinajstić information content (AvgIpc) is 2.97. The van der Waals surface area contributed by atoms with Crippen molar-refractivity contribution >= 4 is 5.97 Å². The Labute approximate surface area is 95.2 Å². The number of ether oxygens (including phenoxy) is 2. The minimum Gasteiger partial charge on any atom is -0.478 e. The normalized spacial score (nSPS) is 31.7. The van der Waals surface area contributed by atoms with Gasteiger partial charge < -0.3 is 14.6 Å². The zero-order chi connectivity index (χ0) is 12.1. The van der Waals surface area contributed by atoms with Crippen molar-refractivity contribution in [2.45, 2.75) is 33.0 Å². The molecular weight excluding hydrogens is 208 g/mol. The average molecular weight is 226 g/mol. The van der Waals surface area contributed by atoms with E-state index in [1.807, 2.05) is 20.8 Å². The van der Waals surface area contributed by atoms with Crippen molar-refractivity contribution in [3.05, 3.63) is 12.2 Å². The van der Waals surface area contributed by atoms with Crippen LogP contribution >= 0.6 is 0 Å². The molecule has 2 aliphatic heterocycles. The van der Waals surface area contributed by atoms with E-state index in [4.69, 9.17) is 9.47 Å². The highest BCUT2D eigenvalue weighted by Crippen LogP contribution is 2.58. The quantitative estimate of drug-likeness (QED) is 0.582. The predicted molar refractivity (Wildman–Crippen MR) is 58.1 cm³/mol. The molecule has 0 aromatic heterocycles. The maximum absolute atomic E-state index is 11.2. The number of hydrogen-bond donors (Lipinski definition) is 1. The van der Waals surface area contributed by atoms with Crippen molar-refractivity contribution in [2.75, 3.05) is 13.2 Å². The van der Waals surface area contributed by atoms with Gasteiger partial charge in [-0.3, -0.25) is 0 Å². The van der Waals surface area contributed by atoms with E-state index in [0.29, 0.717) is 13.2 Å². The lowest BCUT2D eigenvalue weighted by Crippen LogP contribution is -2.48. The summed E-state index contributed by atoms with van der Waals surface area (Å²) >= 11 is 0. The van der Waals surface area contributed by atoms with Crippen LogP contribution in [0.1, 0.15) is 20.8 Å². The van der Waals surface area contributed by atoms with Gasteiger partial charge in [-0.1, -0.05) is 27.4 Å². The molecule has 0 saturated carbocycles. The summed E-state index contributed by atoms with van der Waals surface area (Å²) in [5, 5.41) is 9.22. The van der Waals surface area contributed by atoms with E-state index in [1.54, 1.807) is 0 Å². The fraction of sp³-hybridized carbons (Fsp3) is 0.750. The summed E-state index contributed by atoms with van der Waals surface area (Å²) in [5.74, 6) is -0.957. The van der Waals surface area contributed by atoms with Crippen LogP contribution in [0.25, 0.3) is 0 Å². The minimum atomic E-state index is -0.957. The highest BCUT2D eigenvalue weighted by Gasteiger charge is 2.65. The molecule has 2 rings (SSSR count). The first-order valence-electron chi connectivity index (χ1n) is 5.47. The molecule has 2 saturated heterocycles. The molecular formula is C12H18O4. The largest absolute Gasteiger partial charge is 0.478 e. The third kappa shape index (κ3) is 1.48. The summed E-state index contributed by atoms with van der Waals surface area (Å²) in [4.78, 5) is 11.2. The van der Waals surface area contributed by atoms with Crippen LogP contribution in [0.4, 0.5) is 0 Å². The Morgan fingerprint density at radius 3 is 1.81 bits per heavy atom. The molecule has 90 valence electrons. The van der Waals surface area contributed by atoms with Crippen LogP contribution in [0, 0.1) is 10.8 Å². The molecule has 4 heteroatoms. The molecule has 1 N–H and O–H groups in total. The maximum Gasteiger partial charge on any atom is 0.331 e. The van der Waals surface area contributed by atoms with Crippen LogP contribution in [0.15, 0.2) is 12.2 Å². The standard InChI is InChI=1S/C12H18O4/c1-7(10(13)14)12(8-5-15-8,9-6-16-9)11(2,3)4/h8-9H,1,5-6H2,2-4H3,(H,13,14). The third-order valence-electron chi connectivity index (χ3n) is 3.68. The van der Waals surface area contributed by atoms with E-state index < -0.39 is 11.4 Å². The first kappa shape index (κ1) is 11.6. The topological polar surface area (TPSA) is 62.4 Å². The zero-order valence-corrected chi connectivity index (χ0v) is 9.95. The molecule has 4 nitrogen and oxygen atoms in total. The van der Waals surface area contributed by atoms with E-state index in [1.165, 1.54) is 0 Å². The van der Waals surface area contributed by atoms with Crippen molar-refractivity contribution in [1.29, 1.82) is 0 Å². The van der Waals surface area contributed by atoms with Gasteiger partial charge in [0.05, 0.1) is 30.8 Å². The molecule has 0 aliphatic carbocycles. The van der Waals surface area contributed by atoms with Crippen LogP contribution < -0.4 is 0 Å². The Morgan fingerprint density at radius 1 is 1.25 bits per heavy atom. The first-order valence-corrected chi connectivity index (χ1v) is 5.47. The molecule has 0 amide bonds. The Hall–Kier alpha value is -0.870. The third-order valence-corrected chi connectivity index (χ3v) is 3.68. The van der Waals surface area contributed by atoms with Crippen LogP contribution in [-0.2, 0) is 14.3 Å². The minimum absolute atomic E-state index is 0.0661. The van der Waals surface area contributed by atoms with Crippen LogP contribution in [0.3, 0.4) is 0 Å². The molecule has 2 atom stereocenters. The van der Waals surface area contributed by atoms with Crippen LogP contribution in [0.2, 0.25) is 0 Å². The summed E-state index contributed by atoms with van der Waals surface area (Å²) < 4.78 is 10.7. The van der Waals surface area contributed by atoms with Gasteiger partial charge in [0.2, 0.25) is 0 Å². The second-order valence-corrected chi connectivity index (χ2v) is 5.55. The molecule has 2 aliphatic rings. The van der Waals surface area contributed by atoms with Crippen molar-refractivity contribution < 1.29 is 19.4 Å². The summed E-state index contributed by atoms with van der Waals surface area (Å²) in [6, 6.07) is 0. The van der Waals surface area contributed by atoms with Gasteiger partial charge in [0.1, 0.15) is 0 Å². The van der Waals surface area contributed by atoms with Crippen molar-refractivity contribution in [2.24, 2.45) is 10.8 Å². The number of rotatable bonds is 4. The number of carboxylic acid groups (broad SMARTS) is 1. The fourth-order valence-corrected chi connectivity index (χ4v) is 2.81. The number of hydrogen-bond acceptors (Lipinski definition) is 3. The number of carboxylic acids is 1. The molecule has 0 bridgehead atoms. The molecule has 2 unspecified atom stereocenters. The lowest BCUT2D eigenvalue weighted by atomic mass is 9.59. The van der Waals surface area contributed by atoms with E-state index in [9.17, 15) is 9.90 Å². The van der Waals surface area contributed by atoms with E-state index in [0.717, 1.165) is 0 Å². The molecule has 0 aromatic carbocycles. The SMILES string of the molecule is C=C(C(=O)O)C(C1CO1)(C1CO1)C(C)(C)C. The van der Waals surface area contributed by atoms with Crippen LogP contribution in [-0.4, -0.2) is 36.5 Å². The van der Waals surface area contributed by atoms with Gasteiger partial charge in [0.15, 0.2) is 0 Å². The second-order valence-electron chi connectivity index (χ2n) is 5.55. The Bertz CT molecular complexity index is 319. The lowest BCUT2D eigenvalue weighted by molar-refractivity contribution is -0.135. The molecule has 16 heavy (non-hydrogen) atoms. The fourth-order valence-electron chi connectivity index (χ4n) is 2.81. The van der Waals surface area contributed by atoms with E-state index in [-0.39, 0.29) is 23.2 Å². The van der Waals surface area contributed by atoms with Gasteiger partial charge in [0.25, 0.3) is 0 Å².